The minimum atomic E-state index is -0.306. The molecule has 9 heteroatoms. The van der Waals surface area contributed by atoms with Crippen molar-refractivity contribution in [2.75, 3.05) is 16.4 Å². The Morgan fingerprint density at radius 2 is 1.70 bits per heavy atom. The quantitative estimate of drug-likeness (QED) is 0.291. The van der Waals surface area contributed by atoms with E-state index in [0.29, 0.717) is 34.9 Å². The fourth-order valence-electron chi connectivity index (χ4n) is 3.78. The second-order valence-electron chi connectivity index (χ2n) is 9.88. The molecule has 0 aliphatic heterocycles. The van der Waals surface area contributed by atoms with Gasteiger partial charge in [-0.1, -0.05) is 57.7 Å². The number of nitrogens with zero attached hydrogens (tertiary/aromatic N) is 3. The molecule has 1 atom stereocenters. The van der Waals surface area contributed by atoms with Crippen LogP contribution in [0.4, 0.5) is 11.4 Å². The van der Waals surface area contributed by atoms with Gasteiger partial charge in [0.1, 0.15) is 5.75 Å². The van der Waals surface area contributed by atoms with Crippen LogP contribution in [0.15, 0.2) is 47.6 Å². The van der Waals surface area contributed by atoms with E-state index in [1.165, 1.54) is 24.2 Å². The first kappa shape index (κ1) is 28.2. The van der Waals surface area contributed by atoms with E-state index in [2.05, 4.69) is 60.7 Å². The van der Waals surface area contributed by atoms with Crippen LogP contribution in [0.3, 0.4) is 0 Å². The van der Waals surface area contributed by atoms with Gasteiger partial charge in [-0.3, -0.25) is 9.59 Å². The standard InChI is InChI=1S/C28H37N5O3S/c1-17(2)15-33-27(20(6)36-24-12-9-22(10-13-24)18(3)4)31-32-28(33)37-16-26(35)30-23-11-8-19(5)25(14-23)29-21(7)34/h8-14,17-18,20H,15-16H2,1-7H3,(H,29,34)(H,30,35). The van der Waals surface area contributed by atoms with Crippen molar-refractivity contribution in [2.24, 2.45) is 5.92 Å². The van der Waals surface area contributed by atoms with Crippen molar-refractivity contribution in [1.29, 1.82) is 0 Å². The van der Waals surface area contributed by atoms with Crippen LogP contribution >= 0.6 is 11.8 Å². The predicted octanol–water partition coefficient (Wildman–Crippen LogP) is 6.20. The maximum absolute atomic E-state index is 12.7. The van der Waals surface area contributed by atoms with Crippen molar-refractivity contribution < 1.29 is 14.3 Å². The number of hydrogen-bond donors (Lipinski definition) is 2. The lowest BCUT2D eigenvalue weighted by Gasteiger charge is -2.18. The zero-order valence-corrected chi connectivity index (χ0v) is 23.5. The molecule has 0 aliphatic carbocycles. The van der Waals surface area contributed by atoms with Gasteiger partial charge in [-0.25, -0.2) is 0 Å². The van der Waals surface area contributed by atoms with Crippen molar-refractivity contribution in [3.63, 3.8) is 0 Å². The van der Waals surface area contributed by atoms with Gasteiger partial charge in [0.15, 0.2) is 17.1 Å². The van der Waals surface area contributed by atoms with E-state index in [9.17, 15) is 9.59 Å². The highest BCUT2D eigenvalue weighted by molar-refractivity contribution is 7.99. The van der Waals surface area contributed by atoms with Crippen LogP contribution in [0.1, 0.15) is 70.5 Å². The lowest BCUT2D eigenvalue weighted by atomic mass is 10.0. The first-order valence-electron chi connectivity index (χ1n) is 12.5. The molecule has 2 aromatic carbocycles. The molecule has 2 amide bonds. The lowest BCUT2D eigenvalue weighted by molar-refractivity contribution is -0.114. The van der Waals surface area contributed by atoms with Crippen molar-refractivity contribution in [1.82, 2.24) is 14.8 Å². The van der Waals surface area contributed by atoms with E-state index in [4.69, 9.17) is 4.74 Å². The minimum Gasteiger partial charge on any atom is -0.483 e. The molecule has 0 bridgehead atoms. The molecular formula is C28H37N5O3S. The van der Waals surface area contributed by atoms with Crippen LogP contribution in [0, 0.1) is 12.8 Å². The number of rotatable bonds is 11. The Bertz CT molecular complexity index is 1220. The number of aryl methyl sites for hydroxylation is 1. The minimum absolute atomic E-state index is 0.159. The third kappa shape index (κ3) is 8.08. The number of anilines is 2. The van der Waals surface area contributed by atoms with E-state index < -0.39 is 0 Å². The topological polar surface area (TPSA) is 98.1 Å². The summed E-state index contributed by atoms with van der Waals surface area (Å²) in [5.41, 5.74) is 3.47. The van der Waals surface area contributed by atoms with Crippen molar-refractivity contribution in [2.45, 2.75) is 72.2 Å². The maximum atomic E-state index is 12.7. The summed E-state index contributed by atoms with van der Waals surface area (Å²) in [6.07, 6.45) is -0.306. The smallest absolute Gasteiger partial charge is 0.234 e. The molecule has 1 heterocycles. The SMILES string of the molecule is CC(=O)Nc1cc(NC(=O)CSc2nnc(C(C)Oc3ccc(C(C)C)cc3)n2CC(C)C)ccc1C. The molecule has 0 radical (unpaired) electrons. The van der Waals surface area contributed by atoms with Gasteiger partial charge in [0.25, 0.3) is 0 Å². The third-order valence-electron chi connectivity index (χ3n) is 5.68. The number of ether oxygens (including phenoxy) is 1. The van der Waals surface area contributed by atoms with E-state index in [1.807, 2.05) is 42.7 Å². The monoisotopic (exact) mass is 523 g/mol. The number of carbonyl (C=O) groups excluding carboxylic acids is 2. The summed E-state index contributed by atoms with van der Waals surface area (Å²) < 4.78 is 8.22. The summed E-state index contributed by atoms with van der Waals surface area (Å²) in [5, 5.41) is 15.1. The van der Waals surface area contributed by atoms with Crippen LogP contribution in [-0.4, -0.2) is 32.3 Å². The van der Waals surface area contributed by atoms with Gasteiger partial charge in [0, 0.05) is 24.8 Å². The fourth-order valence-corrected chi connectivity index (χ4v) is 4.54. The second-order valence-corrected chi connectivity index (χ2v) is 10.8. The number of thioether (sulfide) groups is 1. The van der Waals surface area contributed by atoms with Gasteiger partial charge in [-0.2, -0.15) is 0 Å². The molecule has 0 spiro atoms. The van der Waals surface area contributed by atoms with Crippen molar-refractivity contribution in [3.05, 3.63) is 59.4 Å². The van der Waals surface area contributed by atoms with E-state index >= 15 is 0 Å². The van der Waals surface area contributed by atoms with Gasteiger partial charge in [0.05, 0.1) is 5.75 Å². The van der Waals surface area contributed by atoms with Gasteiger partial charge < -0.3 is 19.9 Å². The molecular weight excluding hydrogens is 486 g/mol. The van der Waals surface area contributed by atoms with Crippen LogP contribution < -0.4 is 15.4 Å². The molecule has 0 aliphatic rings. The lowest BCUT2D eigenvalue weighted by Crippen LogP contribution is -2.17. The summed E-state index contributed by atoms with van der Waals surface area (Å²) >= 11 is 1.34. The molecule has 198 valence electrons. The van der Waals surface area contributed by atoms with Crippen LogP contribution in [0.25, 0.3) is 0 Å². The van der Waals surface area contributed by atoms with Crippen LogP contribution in [-0.2, 0) is 16.1 Å². The zero-order valence-electron chi connectivity index (χ0n) is 22.7. The summed E-state index contributed by atoms with van der Waals surface area (Å²) in [6, 6.07) is 13.6. The molecule has 0 fully saturated rings. The highest BCUT2D eigenvalue weighted by Gasteiger charge is 2.21. The molecule has 1 aromatic heterocycles. The summed E-state index contributed by atoms with van der Waals surface area (Å²) in [4.78, 5) is 24.1. The molecule has 3 aromatic rings. The maximum Gasteiger partial charge on any atom is 0.234 e. The number of amides is 2. The first-order valence-corrected chi connectivity index (χ1v) is 13.5. The second kappa shape index (κ2) is 12.8. The molecule has 8 nitrogen and oxygen atoms in total. The fraction of sp³-hybridized carbons (Fsp3) is 0.429. The molecule has 2 N–H and O–H groups in total. The van der Waals surface area contributed by atoms with E-state index in [1.54, 1.807) is 6.07 Å². The number of aromatic nitrogens is 3. The molecule has 3 rings (SSSR count). The molecule has 0 saturated carbocycles. The summed E-state index contributed by atoms with van der Waals surface area (Å²) in [6.45, 7) is 14.6. The Morgan fingerprint density at radius 1 is 1.00 bits per heavy atom. The molecule has 1 unspecified atom stereocenters. The number of nitrogens with one attached hydrogen (secondary N) is 2. The van der Waals surface area contributed by atoms with E-state index in [0.717, 1.165) is 17.1 Å². The zero-order chi connectivity index (χ0) is 27.1. The average molecular weight is 524 g/mol. The van der Waals surface area contributed by atoms with Crippen LogP contribution in [0.2, 0.25) is 0 Å². The Balaban J connectivity index is 1.68. The van der Waals surface area contributed by atoms with Gasteiger partial charge in [0.2, 0.25) is 11.8 Å². The van der Waals surface area contributed by atoms with Gasteiger partial charge in [-0.05, 0) is 61.1 Å². The van der Waals surface area contributed by atoms with Crippen LogP contribution in [0.5, 0.6) is 5.75 Å². The summed E-state index contributed by atoms with van der Waals surface area (Å²) in [7, 11) is 0. The van der Waals surface area contributed by atoms with Gasteiger partial charge in [-0.15, -0.1) is 10.2 Å². The van der Waals surface area contributed by atoms with Gasteiger partial charge >= 0.3 is 0 Å². The number of hydrogen-bond acceptors (Lipinski definition) is 6. The molecule has 0 saturated heterocycles. The summed E-state index contributed by atoms with van der Waals surface area (Å²) in [5.74, 6) is 2.17. The highest BCUT2D eigenvalue weighted by Crippen LogP contribution is 2.27. The van der Waals surface area contributed by atoms with Crippen molar-refractivity contribution in [3.8, 4) is 5.75 Å². The normalized spacial score (nSPS) is 12.0. The Kier molecular flexibility index (Phi) is 9.74. The van der Waals surface area contributed by atoms with E-state index in [-0.39, 0.29) is 23.7 Å². The Labute approximate surface area is 223 Å². The Morgan fingerprint density at radius 3 is 2.32 bits per heavy atom. The molecule has 37 heavy (non-hydrogen) atoms. The Hall–Kier alpha value is -3.33. The number of carbonyl (C=O) groups is 2. The highest BCUT2D eigenvalue weighted by atomic mass is 32.2. The third-order valence-corrected chi connectivity index (χ3v) is 6.65. The average Bonchev–Trinajstić information content (AvgIpc) is 3.21. The first-order chi connectivity index (χ1) is 17.5. The largest absolute Gasteiger partial charge is 0.483 e. The van der Waals surface area contributed by atoms with Crippen molar-refractivity contribution >= 4 is 35.0 Å². The number of benzene rings is 2. The predicted molar refractivity (Wildman–Crippen MR) is 149 cm³/mol.